The number of carbonyl (C=O) groups excluding carboxylic acids is 1. The number of benzene rings is 2. The van der Waals surface area contributed by atoms with Gasteiger partial charge in [0.25, 0.3) is 0 Å². The normalized spacial score (nSPS) is 14.0. The molecule has 10 heteroatoms. The lowest BCUT2D eigenvalue weighted by atomic mass is 10.00. The van der Waals surface area contributed by atoms with Gasteiger partial charge in [0.1, 0.15) is 17.6 Å². The first kappa shape index (κ1) is 17.6. The second-order valence-corrected chi connectivity index (χ2v) is 7.70. The van der Waals surface area contributed by atoms with Crippen LogP contribution in [0.1, 0.15) is 0 Å². The Balaban J connectivity index is 1.21. The number of hydrogen-bond donors (Lipinski definition) is 1. The minimum absolute atomic E-state index is 0.00936. The first-order valence-electron chi connectivity index (χ1n) is 9.04. The minimum Gasteiger partial charge on any atom is -0.494 e. The molecule has 5 rings (SSSR count). The van der Waals surface area contributed by atoms with Crippen molar-refractivity contribution >= 4 is 38.3 Å². The van der Waals surface area contributed by atoms with Crippen LogP contribution in [-0.4, -0.2) is 51.3 Å². The van der Waals surface area contributed by atoms with E-state index < -0.39 is 0 Å². The van der Waals surface area contributed by atoms with Gasteiger partial charge in [-0.05, 0) is 46.8 Å². The van der Waals surface area contributed by atoms with Crippen molar-refractivity contribution in [1.29, 1.82) is 0 Å². The highest BCUT2D eigenvalue weighted by Crippen LogP contribution is 2.36. The third-order valence-electron chi connectivity index (χ3n) is 4.86. The van der Waals surface area contributed by atoms with Crippen LogP contribution in [0, 0.1) is 5.92 Å². The molecule has 0 atom stereocenters. The van der Waals surface area contributed by atoms with Crippen molar-refractivity contribution in [3.8, 4) is 11.4 Å². The lowest BCUT2D eigenvalue weighted by Crippen LogP contribution is -2.52. The summed E-state index contributed by atoms with van der Waals surface area (Å²) in [7, 11) is 1.65. The summed E-state index contributed by atoms with van der Waals surface area (Å²) in [5.74, 6) is 0.711. The Morgan fingerprint density at radius 1 is 1.21 bits per heavy atom. The maximum atomic E-state index is 12.5. The molecule has 2 aromatic heterocycles. The van der Waals surface area contributed by atoms with Crippen molar-refractivity contribution in [3.05, 3.63) is 48.8 Å². The number of nitrogens with one attached hydrogen (secondary N) is 1. The summed E-state index contributed by atoms with van der Waals surface area (Å²) >= 11 is 1.61. The van der Waals surface area contributed by atoms with Gasteiger partial charge in [-0.15, -0.1) is 5.10 Å². The molecule has 1 fully saturated rings. The molecule has 1 saturated heterocycles. The van der Waals surface area contributed by atoms with Crippen molar-refractivity contribution in [2.45, 2.75) is 0 Å². The Bertz CT molecular complexity index is 1150. The van der Waals surface area contributed by atoms with Gasteiger partial charge in [-0.2, -0.15) is 0 Å². The lowest BCUT2D eigenvalue weighted by Gasteiger charge is -2.37. The summed E-state index contributed by atoms with van der Waals surface area (Å²) in [6.07, 6.45) is 1.52. The second kappa shape index (κ2) is 7.13. The zero-order valence-corrected chi connectivity index (χ0v) is 16.3. The smallest absolute Gasteiger partial charge is 0.231 e. The number of anilines is 2. The number of nitrogens with zero attached hydrogens (tertiary/aromatic N) is 6. The van der Waals surface area contributed by atoms with E-state index in [1.807, 2.05) is 42.5 Å². The molecule has 0 unspecified atom stereocenters. The van der Waals surface area contributed by atoms with E-state index in [4.69, 9.17) is 4.74 Å². The van der Waals surface area contributed by atoms with Gasteiger partial charge >= 0.3 is 0 Å². The van der Waals surface area contributed by atoms with Gasteiger partial charge in [0.05, 0.1) is 23.4 Å². The average Bonchev–Trinajstić information content (AvgIpc) is 3.37. The Hall–Kier alpha value is -3.53. The number of aromatic nitrogens is 5. The molecule has 3 heterocycles. The topological polar surface area (TPSA) is 98.1 Å². The zero-order chi connectivity index (χ0) is 19.8. The zero-order valence-electron chi connectivity index (χ0n) is 15.5. The minimum atomic E-state index is -0.0666. The maximum absolute atomic E-state index is 12.5. The number of rotatable bonds is 5. The van der Waals surface area contributed by atoms with E-state index in [9.17, 15) is 4.79 Å². The van der Waals surface area contributed by atoms with Crippen molar-refractivity contribution < 1.29 is 9.53 Å². The van der Waals surface area contributed by atoms with Crippen LogP contribution in [0.4, 0.5) is 10.8 Å². The summed E-state index contributed by atoms with van der Waals surface area (Å²) in [4.78, 5) is 19.4. The van der Waals surface area contributed by atoms with Crippen LogP contribution < -0.4 is 15.0 Å². The number of ether oxygens (including phenoxy) is 1. The Kier molecular flexibility index (Phi) is 4.32. The first-order valence-corrected chi connectivity index (χ1v) is 9.86. The van der Waals surface area contributed by atoms with Crippen LogP contribution in [0.2, 0.25) is 0 Å². The number of tetrazole rings is 1. The van der Waals surface area contributed by atoms with Gasteiger partial charge in [-0.25, -0.2) is 9.67 Å². The molecule has 1 N–H and O–H groups in total. The largest absolute Gasteiger partial charge is 0.494 e. The van der Waals surface area contributed by atoms with Gasteiger partial charge in [0.15, 0.2) is 5.13 Å². The molecule has 0 saturated carbocycles. The van der Waals surface area contributed by atoms with E-state index in [2.05, 4.69) is 30.7 Å². The van der Waals surface area contributed by atoms with Crippen LogP contribution in [0.15, 0.2) is 48.8 Å². The molecule has 29 heavy (non-hydrogen) atoms. The molecule has 0 radical (unpaired) electrons. The molecule has 0 bridgehead atoms. The molecule has 0 spiro atoms. The molecular weight excluding hydrogens is 390 g/mol. The van der Waals surface area contributed by atoms with E-state index in [-0.39, 0.29) is 11.8 Å². The molecule has 2 aromatic carbocycles. The van der Waals surface area contributed by atoms with Gasteiger partial charge in [-0.3, -0.25) is 4.79 Å². The molecular formula is C19H17N7O2S. The van der Waals surface area contributed by atoms with Crippen LogP contribution in [-0.2, 0) is 4.79 Å². The SMILES string of the molecule is COc1cccc2sc(N3CC(C(=O)Nc4ccc(-n5cnnn5)cc4)C3)nc12. The summed E-state index contributed by atoms with van der Waals surface area (Å²) < 4.78 is 8.02. The van der Waals surface area contributed by atoms with Crippen molar-refractivity contribution in [2.75, 3.05) is 30.4 Å². The van der Waals surface area contributed by atoms with E-state index >= 15 is 0 Å². The Morgan fingerprint density at radius 2 is 2.03 bits per heavy atom. The van der Waals surface area contributed by atoms with Crippen molar-refractivity contribution in [1.82, 2.24) is 25.2 Å². The predicted octanol–water partition coefficient (Wildman–Crippen LogP) is 2.36. The highest BCUT2D eigenvalue weighted by atomic mass is 32.1. The summed E-state index contributed by atoms with van der Waals surface area (Å²) in [6, 6.07) is 13.3. The number of fused-ring (bicyclic) bond motifs is 1. The highest BCUT2D eigenvalue weighted by Gasteiger charge is 2.34. The monoisotopic (exact) mass is 407 g/mol. The van der Waals surface area contributed by atoms with E-state index in [1.165, 1.54) is 6.33 Å². The predicted molar refractivity (Wildman–Crippen MR) is 110 cm³/mol. The van der Waals surface area contributed by atoms with Gasteiger partial charge in [-0.1, -0.05) is 17.4 Å². The fourth-order valence-corrected chi connectivity index (χ4v) is 4.23. The standard InChI is InChI=1S/C19H17N7O2S/c1-28-15-3-2-4-16-17(15)22-19(29-16)25-9-12(10-25)18(27)21-13-5-7-14(8-6-13)26-11-20-23-24-26/h2-8,11-12H,9-10H2,1H3,(H,21,27). The fourth-order valence-electron chi connectivity index (χ4n) is 3.23. The summed E-state index contributed by atoms with van der Waals surface area (Å²) in [6.45, 7) is 1.30. The Morgan fingerprint density at radius 3 is 2.76 bits per heavy atom. The molecule has 9 nitrogen and oxygen atoms in total. The second-order valence-electron chi connectivity index (χ2n) is 6.70. The van der Waals surface area contributed by atoms with Crippen molar-refractivity contribution in [2.24, 2.45) is 5.92 Å². The number of thiazole rings is 1. The third kappa shape index (κ3) is 3.27. The molecule has 1 aliphatic heterocycles. The molecule has 0 aliphatic carbocycles. The van der Waals surface area contributed by atoms with Crippen LogP contribution in [0.5, 0.6) is 5.75 Å². The van der Waals surface area contributed by atoms with Crippen LogP contribution in [0.3, 0.4) is 0 Å². The average molecular weight is 407 g/mol. The molecule has 4 aromatic rings. The number of methoxy groups -OCH3 is 1. The van der Waals surface area contributed by atoms with Crippen LogP contribution in [0.25, 0.3) is 15.9 Å². The van der Waals surface area contributed by atoms with Crippen molar-refractivity contribution in [3.63, 3.8) is 0 Å². The molecule has 1 amide bonds. The molecule has 146 valence electrons. The number of carbonyl (C=O) groups is 1. The number of para-hydroxylation sites is 1. The van der Waals surface area contributed by atoms with Gasteiger partial charge in [0, 0.05) is 18.8 Å². The van der Waals surface area contributed by atoms with Gasteiger partial charge < -0.3 is 15.0 Å². The first-order chi connectivity index (χ1) is 14.2. The molecule has 1 aliphatic rings. The third-order valence-corrected chi connectivity index (χ3v) is 5.94. The fraction of sp³-hybridized carbons (Fsp3) is 0.211. The van der Waals surface area contributed by atoms with E-state index in [0.29, 0.717) is 13.1 Å². The van der Waals surface area contributed by atoms with Crippen LogP contribution >= 0.6 is 11.3 Å². The Labute approximate surface area is 169 Å². The number of amides is 1. The van der Waals surface area contributed by atoms with E-state index in [0.717, 1.165) is 32.5 Å². The quantitative estimate of drug-likeness (QED) is 0.542. The number of hydrogen-bond acceptors (Lipinski definition) is 8. The lowest BCUT2D eigenvalue weighted by molar-refractivity contribution is -0.120. The highest BCUT2D eigenvalue weighted by molar-refractivity contribution is 7.22. The van der Waals surface area contributed by atoms with E-state index in [1.54, 1.807) is 23.1 Å². The maximum Gasteiger partial charge on any atom is 0.231 e. The summed E-state index contributed by atoms with van der Waals surface area (Å²) in [5.41, 5.74) is 2.44. The summed E-state index contributed by atoms with van der Waals surface area (Å²) in [5, 5.41) is 15.0. The van der Waals surface area contributed by atoms with Gasteiger partial charge in [0.2, 0.25) is 5.91 Å².